The maximum atomic E-state index is 5.91. The third-order valence-corrected chi connectivity index (χ3v) is 4.10. The molecule has 0 radical (unpaired) electrons. The molecule has 1 N–H and O–H groups in total. The van der Waals surface area contributed by atoms with Gasteiger partial charge in [0.1, 0.15) is 0 Å². The SMILES string of the molecule is CC(CCc1ccccc1)ON(C)CCNCC1CCOC1. The minimum atomic E-state index is 0.244. The second-order valence-corrected chi connectivity index (χ2v) is 6.23. The minimum absolute atomic E-state index is 0.244. The smallest absolute Gasteiger partial charge is 0.0768 e. The molecular formula is C18H30N2O2. The monoisotopic (exact) mass is 306 g/mol. The van der Waals surface area contributed by atoms with Crippen LogP contribution in [0.4, 0.5) is 0 Å². The highest BCUT2D eigenvalue weighted by Gasteiger charge is 2.14. The molecule has 1 fully saturated rings. The molecule has 22 heavy (non-hydrogen) atoms. The average Bonchev–Trinajstić information content (AvgIpc) is 3.04. The van der Waals surface area contributed by atoms with Crippen molar-refractivity contribution in [3.63, 3.8) is 0 Å². The Morgan fingerprint density at radius 3 is 2.91 bits per heavy atom. The Kier molecular flexibility index (Phi) is 7.88. The Labute approximate surface area is 134 Å². The van der Waals surface area contributed by atoms with Crippen molar-refractivity contribution in [1.29, 1.82) is 0 Å². The van der Waals surface area contributed by atoms with E-state index in [9.17, 15) is 0 Å². The van der Waals surface area contributed by atoms with Crippen LogP contribution in [0.25, 0.3) is 0 Å². The lowest BCUT2D eigenvalue weighted by Gasteiger charge is -2.22. The Balaban J connectivity index is 1.51. The summed E-state index contributed by atoms with van der Waals surface area (Å²) < 4.78 is 5.38. The molecule has 2 rings (SSSR count). The highest BCUT2D eigenvalue weighted by atomic mass is 16.7. The van der Waals surface area contributed by atoms with Gasteiger partial charge in [0.15, 0.2) is 0 Å². The summed E-state index contributed by atoms with van der Waals surface area (Å²) in [6.07, 6.45) is 3.54. The van der Waals surface area contributed by atoms with Crippen molar-refractivity contribution in [2.75, 3.05) is 39.9 Å². The van der Waals surface area contributed by atoms with Crippen molar-refractivity contribution < 1.29 is 9.57 Å². The third-order valence-electron chi connectivity index (χ3n) is 4.10. The predicted molar refractivity (Wildman–Crippen MR) is 89.7 cm³/mol. The average molecular weight is 306 g/mol. The molecule has 0 aliphatic carbocycles. The van der Waals surface area contributed by atoms with E-state index in [4.69, 9.17) is 9.57 Å². The molecule has 1 heterocycles. The van der Waals surface area contributed by atoms with Crippen LogP contribution in [0.1, 0.15) is 25.3 Å². The molecule has 1 aromatic carbocycles. The first-order valence-electron chi connectivity index (χ1n) is 8.44. The zero-order chi connectivity index (χ0) is 15.6. The first kappa shape index (κ1) is 17.4. The summed E-state index contributed by atoms with van der Waals surface area (Å²) in [6.45, 7) is 6.89. The van der Waals surface area contributed by atoms with Gasteiger partial charge in [-0.2, -0.15) is 5.06 Å². The van der Waals surface area contributed by atoms with Crippen molar-refractivity contribution in [2.45, 2.75) is 32.3 Å². The molecule has 1 aliphatic heterocycles. The van der Waals surface area contributed by atoms with Crippen LogP contribution in [-0.4, -0.2) is 51.1 Å². The van der Waals surface area contributed by atoms with Gasteiger partial charge in [0.05, 0.1) is 12.7 Å². The fourth-order valence-corrected chi connectivity index (χ4v) is 2.71. The molecule has 0 amide bonds. The topological polar surface area (TPSA) is 33.7 Å². The van der Waals surface area contributed by atoms with Gasteiger partial charge in [0.25, 0.3) is 0 Å². The Bertz CT molecular complexity index is 393. The molecule has 1 aliphatic rings. The quantitative estimate of drug-likeness (QED) is 0.532. The number of hydroxylamine groups is 2. The highest BCUT2D eigenvalue weighted by Crippen LogP contribution is 2.10. The molecule has 0 aromatic heterocycles. The summed E-state index contributed by atoms with van der Waals surface area (Å²) in [5.74, 6) is 0.691. The van der Waals surface area contributed by atoms with E-state index in [2.05, 4.69) is 42.6 Å². The molecule has 124 valence electrons. The number of benzene rings is 1. The van der Waals surface area contributed by atoms with Crippen LogP contribution in [0.3, 0.4) is 0 Å². The summed E-state index contributed by atoms with van der Waals surface area (Å²) >= 11 is 0. The van der Waals surface area contributed by atoms with Gasteiger partial charge < -0.3 is 10.1 Å². The van der Waals surface area contributed by atoms with E-state index >= 15 is 0 Å². The molecular weight excluding hydrogens is 276 g/mol. The number of rotatable bonds is 10. The van der Waals surface area contributed by atoms with Gasteiger partial charge in [0, 0.05) is 33.3 Å². The third kappa shape index (κ3) is 6.88. The van der Waals surface area contributed by atoms with Crippen LogP contribution in [0.2, 0.25) is 0 Å². The van der Waals surface area contributed by atoms with Crippen LogP contribution in [0.5, 0.6) is 0 Å². The molecule has 4 nitrogen and oxygen atoms in total. The zero-order valence-corrected chi connectivity index (χ0v) is 14.0. The van der Waals surface area contributed by atoms with Crippen LogP contribution >= 0.6 is 0 Å². The lowest BCUT2D eigenvalue weighted by atomic mass is 10.1. The van der Waals surface area contributed by atoms with Gasteiger partial charge in [-0.1, -0.05) is 30.3 Å². The van der Waals surface area contributed by atoms with E-state index in [0.717, 1.165) is 45.7 Å². The van der Waals surface area contributed by atoms with E-state index in [-0.39, 0.29) is 6.10 Å². The van der Waals surface area contributed by atoms with Gasteiger partial charge >= 0.3 is 0 Å². The van der Waals surface area contributed by atoms with Gasteiger partial charge in [-0.3, -0.25) is 4.84 Å². The fourth-order valence-electron chi connectivity index (χ4n) is 2.71. The number of likely N-dealkylation sites (N-methyl/N-ethyl adjacent to an activating group) is 1. The molecule has 0 spiro atoms. The Morgan fingerprint density at radius 2 is 2.18 bits per heavy atom. The van der Waals surface area contributed by atoms with Crippen molar-refractivity contribution in [2.24, 2.45) is 5.92 Å². The molecule has 0 bridgehead atoms. The number of aryl methyl sites for hydroxylation is 1. The number of hydrogen-bond donors (Lipinski definition) is 1. The number of hydrogen-bond acceptors (Lipinski definition) is 4. The Morgan fingerprint density at radius 1 is 1.36 bits per heavy atom. The maximum absolute atomic E-state index is 5.91. The number of nitrogens with zero attached hydrogens (tertiary/aromatic N) is 1. The first-order valence-corrected chi connectivity index (χ1v) is 8.44. The highest BCUT2D eigenvalue weighted by molar-refractivity contribution is 5.14. The lowest BCUT2D eigenvalue weighted by molar-refractivity contribution is -0.176. The standard InChI is InChI=1S/C18H30N2O2/c1-16(8-9-17-6-4-3-5-7-17)22-20(2)12-11-19-14-18-10-13-21-15-18/h3-7,16,18-19H,8-15H2,1-2H3. The van der Waals surface area contributed by atoms with Crippen LogP contribution in [-0.2, 0) is 16.0 Å². The molecule has 2 unspecified atom stereocenters. The van der Waals surface area contributed by atoms with Gasteiger partial charge in [0.2, 0.25) is 0 Å². The van der Waals surface area contributed by atoms with E-state index in [1.807, 2.05) is 12.1 Å². The van der Waals surface area contributed by atoms with Gasteiger partial charge in [-0.25, -0.2) is 0 Å². The molecule has 1 aromatic rings. The van der Waals surface area contributed by atoms with E-state index in [1.54, 1.807) is 0 Å². The van der Waals surface area contributed by atoms with Crippen molar-refractivity contribution >= 4 is 0 Å². The molecule has 2 atom stereocenters. The van der Waals surface area contributed by atoms with Gasteiger partial charge in [-0.05, 0) is 37.7 Å². The Hall–Kier alpha value is -0.940. The molecule has 1 saturated heterocycles. The van der Waals surface area contributed by atoms with E-state index < -0.39 is 0 Å². The van der Waals surface area contributed by atoms with E-state index in [1.165, 1.54) is 12.0 Å². The summed E-state index contributed by atoms with van der Waals surface area (Å²) in [6, 6.07) is 10.6. The maximum Gasteiger partial charge on any atom is 0.0768 e. The van der Waals surface area contributed by atoms with Crippen LogP contribution in [0.15, 0.2) is 30.3 Å². The van der Waals surface area contributed by atoms with Crippen molar-refractivity contribution in [3.8, 4) is 0 Å². The lowest BCUT2D eigenvalue weighted by Crippen LogP contribution is -2.34. The minimum Gasteiger partial charge on any atom is -0.381 e. The fraction of sp³-hybridized carbons (Fsp3) is 0.667. The van der Waals surface area contributed by atoms with Gasteiger partial charge in [-0.15, -0.1) is 0 Å². The summed E-state index contributed by atoms with van der Waals surface area (Å²) in [4.78, 5) is 5.91. The second-order valence-electron chi connectivity index (χ2n) is 6.23. The first-order chi connectivity index (χ1) is 10.7. The summed E-state index contributed by atoms with van der Waals surface area (Å²) in [5.41, 5.74) is 1.38. The second kappa shape index (κ2) is 9.95. The summed E-state index contributed by atoms with van der Waals surface area (Å²) in [5, 5.41) is 5.44. The molecule has 0 saturated carbocycles. The molecule has 4 heteroatoms. The predicted octanol–water partition coefficient (Wildman–Crippen LogP) is 2.50. The summed E-state index contributed by atoms with van der Waals surface area (Å²) in [7, 11) is 2.01. The van der Waals surface area contributed by atoms with Crippen LogP contribution < -0.4 is 5.32 Å². The largest absolute Gasteiger partial charge is 0.381 e. The number of ether oxygens (including phenoxy) is 1. The van der Waals surface area contributed by atoms with Crippen molar-refractivity contribution in [1.82, 2.24) is 10.4 Å². The number of nitrogens with one attached hydrogen (secondary N) is 1. The normalized spacial score (nSPS) is 19.7. The van der Waals surface area contributed by atoms with Crippen molar-refractivity contribution in [3.05, 3.63) is 35.9 Å². The zero-order valence-electron chi connectivity index (χ0n) is 14.0. The van der Waals surface area contributed by atoms with E-state index in [0.29, 0.717) is 5.92 Å². The van der Waals surface area contributed by atoms with Crippen LogP contribution in [0, 0.1) is 5.92 Å².